The van der Waals surface area contributed by atoms with Gasteiger partial charge in [0.05, 0.1) is 0 Å². The molecule has 3 rings (SSSR count). The monoisotopic (exact) mass is 308 g/mol. The van der Waals surface area contributed by atoms with Crippen LogP contribution in [-0.4, -0.2) is 37.1 Å². The molecule has 0 radical (unpaired) electrons. The summed E-state index contributed by atoms with van der Waals surface area (Å²) in [5.41, 5.74) is 0.811. The number of hydrogen-bond acceptors (Lipinski definition) is 2. The average Bonchev–Trinajstić information content (AvgIpc) is 2.45. The van der Waals surface area contributed by atoms with E-state index in [0.29, 0.717) is 12.0 Å². The average molecular weight is 308 g/mol. The molecule has 0 spiro atoms. The summed E-state index contributed by atoms with van der Waals surface area (Å²) in [4.78, 5) is 2.52. The zero-order valence-corrected chi connectivity index (χ0v) is 13.3. The van der Waals surface area contributed by atoms with Crippen molar-refractivity contribution in [2.24, 2.45) is 5.92 Å². The highest BCUT2D eigenvalue weighted by molar-refractivity contribution is 5.24. The molecule has 1 aliphatic heterocycles. The van der Waals surface area contributed by atoms with Gasteiger partial charge in [0.25, 0.3) is 0 Å². The summed E-state index contributed by atoms with van der Waals surface area (Å²) < 4.78 is 26.5. The van der Waals surface area contributed by atoms with E-state index < -0.39 is 11.6 Å². The van der Waals surface area contributed by atoms with E-state index in [1.165, 1.54) is 38.1 Å². The zero-order chi connectivity index (χ0) is 15.5. The molecular formula is C18H26F2N2. The minimum Gasteiger partial charge on any atom is -0.314 e. The van der Waals surface area contributed by atoms with Crippen molar-refractivity contribution in [2.75, 3.05) is 26.2 Å². The Bertz CT molecular complexity index is 480. The van der Waals surface area contributed by atoms with E-state index in [1.54, 1.807) is 0 Å². The van der Waals surface area contributed by atoms with Crippen LogP contribution in [0.15, 0.2) is 18.2 Å². The number of hydrogen-bond donors (Lipinski definition) is 1. The van der Waals surface area contributed by atoms with Crippen LogP contribution < -0.4 is 5.32 Å². The molecule has 1 heterocycles. The van der Waals surface area contributed by atoms with Crippen molar-refractivity contribution in [3.05, 3.63) is 35.4 Å². The molecule has 2 nitrogen and oxygen atoms in total. The Morgan fingerprint density at radius 1 is 1.18 bits per heavy atom. The lowest BCUT2D eigenvalue weighted by molar-refractivity contribution is 0.169. The molecule has 1 atom stereocenters. The summed E-state index contributed by atoms with van der Waals surface area (Å²) >= 11 is 0. The van der Waals surface area contributed by atoms with Crippen molar-refractivity contribution < 1.29 is 8.78 Å². The first kappa shape index (κ1) is 15.9. The number of nitrogens with one attached hydrogen (secondary N) is 1. The minimum absolute atomic E-state index is 0.307. The van der Waals surface area contributed by atoms with E-state index in [4.69, 9.17) is 0 Å². The lowest BCUT2D eigenvalue weighted by Crippen LogP contribution is -2.45. The second-order valence-electron chi connectivity index (χ2n) is 6.88. The quantitative estimate of drug-likeness (QED) is 0.895. The number of nitrogens with zero attached hydrogens (tertiary/aromatic N) is 1. The third kappa shape index (κ3) is 3.85. The van der Waals surface area contributed by atoms with E-state index >= 15 is 0 Å². The summed E-state index contributed by atoms with van der Waals surface area (Å²) in [6, 6.07) is 4.41. The Morgan fingerprint density at radius 2 is 1.91 bits per heavy atom. The normalized spacial score (nSPS) is 29.3. The molecule has 1 saturated carbocycles. The topological polar surface area (TPSA) is 15.3 Å². The van der Waals surface area contributed by atoms with Crippen LogP contribution in [0.3, 0.4) is 0 Å². The lowest BCUT2D eigenvalue weighted by Gasteiger charge is -2.39. The van der Waals surface area contributed by atoms with E-state index in [1.807, 2.05) is 0 Å². The van der Waals surface area contributed by atoms with Crippen LogP contribution in [0.1, 0.15) is 44.1 Å². The van der Waals surface area contributed by atoms with Crippen LogP contribution >= 0.6 is 0 Å². The first-order chi connectivity index (χ1) is 10.6. The van der Waals surface area contributed by atoms with Crippen molar-refractivity contribution in [3.8, 4) is 0 Å². The maximum atomic E-state index is 13.2. The highest BCUT2D eigenvalue weighted by atomic mass is 19.1. The Labute approximate surface area is 131 Å². The summed E-state index contributed by atoms with van der Waals surface area (Å²) in [5, 5.41) is 3.65. The van der Waals surface area contributed by atoms with E-state index in [-0.39, 0.29) is 0 Å². The van der Waals surface area contributed by atoms with E-state index in [0.717, 1.165) is 43.5 Å². The third-order valence-corrected chi connectivity index (χ3v) is 5.24. The van der Waals surface area contributed by atoms with Crippen molar-refractivity contribution in [1.29, 1.82) is 0 Å². The van der Waals surface area contributed by atoms with Gasteiger partial charge in [-0.15, -0.1) is 0 Å². The van der Waals surface area contributed by atoms with Gasteiger partial charge >= 0.3 is 0 Å². The molecule has 22 heavy (non-hydrogen) atoms. The van der Waals surface area contributed by atoms with Crippen LogP contribution in [-0.2, 0) is 0 Å². The second kappa shape index (κ2) is 7.05. The second-order valence-corrected chi connectivity index (χ2v) is 6.88. The number of likely N-dealkylation sites (tertiary alicyclic amines) is 1. The summed E-state index contributed by atoms with van der Waals surface area (Å²) in [7, 11) is 0. The van der Waals surface area contributed by atoms with E-state index in [9.17, 15) is 8.78 Å². The molecule has 1 aromatic rings. The lowest BCUT2D eigenvalue weighted by atomic mass is 9.75. The molecular weight excluding hydrogens is 282 g/mol. The predicted octanol–water partition coefficient (Wildman–Crippen LogP) is 3.53. The number of halogens is 2. The zero-order valence-electron chi connectivity index (χ0n) is 13.3. The van der Waals surface area contributed by atoms with Gasteiger partial charge in [-0.25, -0.2) is 8.78 Å². The fourth-order valence-electron chi connectivity index (χ4n) is 3.81. The van der Waals surface area contributed by atoms with Gasteiger partial charge in [0.15, 0.2) is 0 Å². The fraction of sp³-hybridized carbons (Fsp3) is 0.667. The minimum atomic E-state index is -0.465. The molecule has 0 bridgehead atoms. The Morgan fingerprint density at radius 3 is 2.59 bits per heavy atom. The van der Waals surface area contributed by atoms with Crippen molar-refractivity contribution >= 4 is 0 Å². The molecule has 0 aromatic heterocycles. The summed E-state index contributed by atoms with van der Waals surface area (Å²) in [6.45, 7) is 6.89. The standard InChI is InChI=1S/C18H26F2N2/c1-2-22-5-3-4-13(12-22)11-21-18-8-15(9-18)14-6-16(19)10-17(20)7-14/h6-7,10,13,15,18,21H,2-5,8-9,11-12H2,1H3. The Balaban J connectivity index is 1.42. The van der Waals surface area contributed by atoms with Gasteiger partial charge in [0.1, 0.15) is 11.6 Å². The van der Waals surface area contributed by atoms with Gasteiger partial charge in [-0.2, -0.15) is 0 Å². The molecule has 4 heteroatoms. The van der Waals surface area contributed by atoms with Gasteiger partial charge in [-0.1, -0.05) is 6.92 Å². The molecule has 2 aliphatic rings. The van der Waals surface area contributed by atoms with Crippen LogP contribution in [0.2, 0.25) is 0 Å². The van der Waals surface area contributed by atoms with Crippen LogP contribution in [0.5, 0.6) is 0 Å². The highest BCUT2D eigenvalue weighted by Gasteiger charge is 2.31. The molecule has 1 N–H and O–H groups in total. The third-order valence-electron chi connectivity index (χ3n) is 5.24. The maximum Gasteiger partial charge on any atom is 0.126 e. The molecule has 1 aromatic carbocycles. The van der Waals surface area contributed by atoms with Crippen molar-refractivity contribution in [2.45, 2.75) is 44.6 Å². The van der Waals surface area contributed by atoms with E-state index in [2.05, 4.69) is 17.1 Å². The Hall–Kier alpha value is -1.00. The van der Waals surface area contributed by atoms with Crippen molar-refractivity contribution in [1.82, 2.24) is 10.2 Å². The van der Waals surface area contributed by atoms with Crippen LogP contribution in [0.25, 0.3) is 0 Å². The van der Waals surface area contributed by atoms with Gasteiger partial charge in [-0.05, 0) is 74.8 Å². The summed E-state index contributed by atoms with van der Waals surface area (Å²) in [5.74, 6) is 0.127. The van der Waals surface area contributed by atoms with Crippen LogP contribution in [0.4, 0.5) is 8.78 Å². The van der Waals surface area contributed by atoms with Gasteiger partial charge in [-0.3, -0.25) is 0 Å². The molecule has 2 fully saturated rings. The first-order valence-electron chi connectivity index (χ1n) is 8.55. The number of rotatable bonds is 5. The highest BCUT2D eigenvalue weighted by Crippen LogP contribution is 2.37. The largest absolute Gasteiger partial charge is 0.314 e. The van der Waals surface area contributed by atoms with Gasteiger partial charge in [0, 0.05) is 18.7 Å². The van der Waals surface area contributed by atoms with Crippen LogP contribution in [0, 0.1) is 17.6 Å². The SMILES string of the molecule is CCN1CCCC(CNC2CC(c3cc(F)cc(F)c3)C2)C1. The predicted molar refractivity (Wildman–Crippen MR) is 85.0 cm³/mol. The first-order valence-corrected chi connectivity index (χ1v) is 8.55. The number of piperidine rings is 1. The Kier molecular flexibility index (Phi) is 5.09. The molecule has 1 unspecified atom stereocenters. The molecule has 0 amide bonds. The smallest absolute Gasteiger partial charge is 0.126 e. The maximum absolute atomic E-state index is 13.2. The molecule has 122 valence electrons. The number of benzene rings is 1. The van der Waals surface area contributed by atoms with Gasteiger partial charge in [0.2, 0.25) is 0 Å². The fourth-order valence-corrected chi connectivity index (χ4v) is 3.81. The van der Waals surface area contributed by atoms with Gasteiger partial charge < -0.3 is 10.2 Å². The van der Waals surface area contributed by atoms with Crippen molar-refractivity contribution in [3.63, 3.8) is 0 Å². The summed E-state index contributed by atoms with van der Waals surface area (Å²) in [6.07, 6.45) is 4.60. The molecule has 1 aliphatic carbocycles. The molecule has 1 saturated heterocycles.